The van der Waals surface area contributed by atoms with E-state index in [9.17, 15) is 9.59 Å². The highest BCUT2D eigenvalue weighted by Gasteiger charge is 2.08. The SMILES string of the molecule is COC(=O)c1ccc(NC(=O)c2ccc(OCc3ccccc3)cc2)cc1. The molecular formula is C22H19NO4. The van der Waals surface area contributed by atoms with Crippen LogP contribution in [0.4, 0.5) is 5.69 Å². The molecule has 0 heterocycles. The first-order valence-corrected chi connectivity index (χ1v) is 8.42. The van der Waals surface area contributed by atoms with Gasteiger partial charge in [0.1, 0.15) is 12.4 Å². The van der Waals surface area contributed by atoms with E-state index in [-0.39, 0.29) is 5.91 Å². The van der Waals surface area contributed by atoms with Crippen LogP contribution >= 0.6 is 0 Å². The summed E-state index contributed by atoms with van der Waals surface area (Å²) in [5, 5.41) is 2.79. The number of carbonyl (C=O) groups is 2. The van der Waals surface area contributed by atoms with E-state index in [1.54, 1.807) is 48.5 Å². The lowest BCUT2D eigenvalue weighted by atomic mass is 10.1. The predicted octanol–water partition coefficient (Wildman–Crippen LogP) is 4.30. The van der Waals surface area contributed by atoms with E-state index >= 15 is 0 Å². The Kier molecular flexibility index (Phi) is 5.84. The zero-order valence-corrected chi connectivity index (χ0v) is 14.8. The van der Waals surface area contributed by atoms with Gasteiger partial charge in [0, 0.05) is 11.3 Å². The van der Waals surface area contributed by atoms with Gasteiger partial charge in [-0.3, -0.25) is 4.79 Å². The van der Waals surface area contributed by atoms with Gasteiger partial charge in [-0.15, -0.1) is 0 Å². The first kappa shape index (κ1) is 18.2. The van der Waals surface area contributed by atoms with E-state index in [0.29, 0.717) is 29.2 Å². The molecule has 0 aliphatic heterocycles. The fraction of sp³-hybridized carbons (Fsp3) is 0.0909. The Hall–Kier alpha value is -3.60. The average molecular weight is 361 g/mol. The van der Waals surface area contributed by atoms with Crippen LogP contribution in [-0.2, 0) is 11.3 Å². The van der Waals surface area contributed by atoms with E-state index in [1.165, 1.54) is 7.11 Å². The highest BCUT2D eigenvalue weighted by molar-refractivity contribution is 6.04. The van der Waals surface area contributed by atoms with E-state index in [4.69, 9.17) is 4.74 Å². The number of carbonyl (C=O) groups excluding carboxylic acids is 2. The van der Waals surface area contributed by atoms with Crippen LogP contribution in [0.3, 0.4) is 0 Å². The van der Waals surface area contributed by atoms with Crippen molar-refractivity contribution in [1.82, 2.24) is 0 Å². The molecule has 0 saturated heterocycles. The Bertz CT molecular complexity index is 903. The van der Waals surface area contributed by atoms with Crippen LogP contribution < -0.4 is 10.1 Å². The van der Waals surface area contributed by atoms with Crippen molar-refractivity contribution in [3.05, 3.63) is 95.6 Å². The second-order valence-corrected chi connectivity index (χ2v) is 5.82. The summed E-state index contributed by atoms with van der Waals surface area (Å²) in [7, 11) is 1.32. The van der Waals surface area contributed by atoms with Crippen molar-refractivity contribution in [2.45, 2.75) is 6.61 Å². The Balaban J connectivity index is 1.58. The minimum atomic E-state index is -0.418. The van der Waals surface area contributed by atoms with Gasteiger partial charge < -0.3 is 14.8 Å². The van der Waals surface area contributed by atoms with E-state index in [2.05, 4.69) is 10.1 Å². The van der Waals surface area contributed by atoms with Gasteiger partial charge in [-0.2, -0.15) is 0 Å². The highest BCUT2D eigenvalue weighted by Crippen LogP contribution is 2.16. The lowest BCUT2D eigenvalue weighted by Crippen LogP contribution is -2.12. The molecule has 5 nitrogen and oxygen atoms in total. The van der Waals surface area contributed by atoms with Crippen molar-refractivity contribution >= 4 is 17.6 Å². The normalized spacial score (nSPS) is 10.1. The fourth-order valence-electron chi connectivity index (χ4n) is 2.45. The highest BCUT2D eigenvalue weighted by atomic mass is 16.5. The van der Waals surface area contributed by atoms with Crippen LogP contribution in [0, 0.1) is 0 Å². The summed E-state index contributed by atoms with van der Waals surface area (Å²) < 4.78 is 10.4. The maximum atomic E-state index is 12.3. The number of ether oxygens (including phenoxy) is 2. The zero-order chi connectivity index (χ0) is 19.1. The third-order valence-electron chi connectivity index (χ3n) is 3.93. The molecule has 5 heteroatoms. The summed E-state index contributed by atoms with van der Waals surface area (Å²) in [5.74, 6) is 0.0345. The first-order valence-electron chi connectivity index (χ1n) is 8.42. The van der Waals surface area contributed by atoms with E-state index < -0.39 is 5.97 Å². The molecule has 3 aromatic rings. The second-order valence-electron chi connectivity index (χ2n) is 5.82. The van der Waals surface area contributed by atoms with Gasteiger partial charge in [-0.05, 0) is 54.1 Å². The molecule has 0 spiro atoms. The number of amides is 1. The lowest BCUT2D eigenvalue weighted by molar-refractivity contribution is 0.0600. The van der Waals surface area contributed by atoms with Crippen LogP contribution in [0.1, 0.15) is 26.3 Å². The molecule has 1 amide bonds. The monoisotopic (exact) mass is 361 g/mol. The molecule has 0 radical (unpaired) electrons. The van der Waals surface area contributed by atoms with Gasteiger partial charge in [0.25, 0.3) is 5.91 Å². The molecule has 0 atom stereocenters. The Labute approximate surface area is 157 Å². The van der Waals surface area contributed by atoms with Crippen LogP contribution in [-0.4, -0.2) is 19.0 Å². The van der Waals surface area contributed by atoms with Crippen molar-refractivity contribution in [1.29, 1.82) is 0 Å². The summed E-state index contributed by atoms with van der Waals surface area (Å²) in [6.07, 6.45) is 0. The first-order chi connectivity index (χ1) is 13.2. The van der Waals surface area contributed by atoms with Crippen molar-refractivity contribution in [2.24, 2.45) is 0 Å². The van der Waals surface area contributed by atoms with Gasteiger partial charge in [-0.1, -0.05) is 30.3 Å². The molecule has 0 aromatic heterocycles. The number of anilines is 1. The summed E-state index contributed by atoms with van der Waals surface area (Å²) >= 11 is 0. The maximum absolute atomic E-state index is 12.3. The van der Waals surface area contributed by atoms with E-state index in [1.807, 2.05) is 30.3 Å². The molecule has 0 saturated carbocycles. The number of esters is 1. The van der Waals surface area contributed by atoms with Gasteiger partial charge in [0.05, 0.1) is 12.7 Å². The number of nitrogens with one attached hydrogen (secondary N) is 1. The Morgan fingerprint density at radius 2 is 1.44 bits per heavy atom. The van der Waals surface area contributed by atoms with E-state index in [0.717, 1.165) is 5.56 Å². The number of methoxy groups -OCH3 is 1. The molecular weight excluding hydrogens is 342 g/mol. The topological polar surface area (TPSA) is 64.6 Å². The molecule has 27 heavy (non-hydrogen) atoms. The molecule has 3 aromatic carbocycles. The van der Waals surface area contributed by atoms with Crippen molar-refractivity contribution in [3.8, 4) is 5.75 Å². The van der Waals surface area contributed by atoms with Crippen LogP contribution in [0.2, 0.25) is 0 Å². The quantitative estimate of drug-likeness (QED) is 0.665. The lowest BCUT2D eigenvalue weighted by Gasteiger charge is -2.08. The van der Waals surface area contributed by atoms with Gasteiger partial charge in [-0.25, -0.2) is 4.79 Å². The van der Waals surface area contributed by atoms with Crippen LogP contribution in [0.25, 0.3) is 0 Å². The Morgan fingerprint density at radius 3 is 2.07 bits per heavy atom. The van der Waals surface area contributed by atoms with Gasteiger partial charge >= 0.3 is 5.97 Å². The standard InChI is InChI=1S/C22H19NO4/c1-26-22(25)18-7-11-19(12-8-18)23-21(24)17-9-13-20(14-10-17)27-15-16-5-3-2-4-6-16/h2-14H,15H2,1H3,(H,23,24). The number of rotatable bonds is 6. The van der Waals surface area contributed by atoms with Crippen LogP contribution in [0.5, 0.6) is 5.75 Å². The summed E-state index contributed by atoms with van der Waals surface area (Å²) in [6.45, 7) is 0.471. The molecule has 0 aliphatic carbocycles. The molecule has 3 rings (SSSR count). The zero-order valence-electron chi connectivity index (χ0n) is 14.8. The third-order valence-corrected chi connectivity index (χ3v) is 3.93. The average Bonchev–Trinajstić information content (AvgIpc) is 2.73. The maximum Gasteiger partial charge on any atom is 0.337 e. The fourth-order valence-corrected chi connectivity index (χ4v) is 2.45. The van der Waals surface area contributed by atoms with Crippen molar-refractivity contribution in [2.75, 3.05) is 12.4 Å². The largest absolute Gasteiger partial charge is 0.489 e. The summed E-state index contributed by atoms with van der Waals surface area (Å²) in [4.78, 5) is 23.8. The van der Waals surface area contributed by atoms with Crippen molar-refractivity contribution in [3.63, 3.8) is 0 Å². The smallest absolute Gasteiger partial charge is 0.337 e. The minimum absolute atomic E-state index is 0.240. The molecule has 1 N–H and O–H groups in total. The molecule has 0 bridgehead atoms. The Morgan fingerprint density at radius 1 is 0.815 bits per heavy atom. The molecule has 136 valence electrons. The minimum Gasteiger partial charge on any atom is -0.489 e. The predicted molar refractivity (Wildman–Crippen MR) is 103 cm³/mol. The third kappa shape index (κ3) is 4.95. The number of benzene rings is 3. The molecule has 0 fully saturated rings. The summed E-state index contributed by atoms with van der Waals surface area (Å²) in [5.41, 5.74) is 2.61. The second kappa shape index (κ2) is 8.67. The molecule has 0 aliphatic rings. The number of hydrogen-bond donors (Lipinski definition) is 1. The van der Waals surface area contributed by atoms with Gasteiger partial charge in [0.2, 0.25) is 0 Å². The van der Waals surface area contributed by atoms with Gasteiger partial charge in [0.15, 0.2) is 0 Å². The van der Waals surface area contributed by atoms with Crippen LogP contribution in [0.15, 0.2) is 78.9 Å². The van der Waals surface area contributed by atoms with Crippen molar-refractivity contribution < 1.29 is 19.1 Å². The summed E-state index contributed by atoms with van der Waals surface area (Å²) in [6, 6.07) is 23.3. The molecule has 0 unspecified atom stereocenters. The number of hydrogen-bond acceptors (Lipinski definition) is 4.